The highest BCUT2D eigenvalue weighted by Crippen LogP contribution is 2.23. The number of halogens is 2. The van der Waals surface area contributed by atoms with Gasteiger partial charge in [0, 0.05) is 31.9 Å². The normalized spacial score (nSPS) is 19.9. The summed E-state index contributed by atoms with van der Waals surface area (Å²) in [4.78, 5) is 18.6. The van der Waals surface area contributed by atoms with Crippen molar-refractivity contribution in [1.29, 1.82) is 0 Å². The quantitative estimate of drug-likeness (QED) is 0.696. The molecule has 1 aromatic rings. The molecule has 0 aliphatic carbocycles. The zero-order chi connectivity index (χ0) is 19.2. The smallest absolute Gasteiger partial charge is 0.143 e. The van der Waals surface area contributed by atoms with Crippen molar-refractivity contribution in [2.75, 3.05) is 57.3 Å². The molecule has 0 saturated carbocycles. The molecule has 2 aliphatic heterocycles. The van der Waals surface area contributed by atoms with Gasteiger partial charge in [-0.15, -0.1) is 24.8 Å². The van der Waals surface area contributed by atoms with Gasteiger partial charge in [0.1, 0.15) is 5.78 Å². The number of benzene rings is 1. The zero-order valence-corrected chi connectivity index (χ0v) is 19.4. The number of piperazine rings is 1. The van der Waals surface area contributed by atoms with E-state index < -0.39 is 6.10 Å². The minimum absolute atomic E-state index is 0. The lowest BCUT2D eigenvalue weighted by Crippen LogP contribution is -2.47. The van der Waals surface area contributed by atoms with Crippen LogP contribution in [0.4, 0.5) is 5.69 Å². The monoisotopic (exact) mass is 445 g/mol. The first-order valence-electron chi connectivity index (χ1n) is 10.5. The number of Topliss-reactive ketones (excluding diaryl/α,β-unsaturated/α-hetero) is 1. The van der Waals surface area contributed by atoms with Gasteiger partial charge in [-0.3, -0.25) is 14.6 Å². The van der Waals surface area contributed by atoms with Crippen LogP contribution in [0.15, 0.2) is 24.3 Å². The fourth-order valence-electron chi connectivity index (χ4n) is 4.32. The minimum atomic E-state index is -0.409. The number of piperidine rings is 1. The van der Waals surface area contributed by atoms with Gasteiger partial charge in [-0.1, -0.05) is 12.1 Å². The van der Waals surface area contributed by atoms with E-state index in [4.69, 9.17) is 0 Å². The lowest BCUT2D eigenvalue weighted by molar-refractivity contribution is -0.118. The van der Waals surface area contributed by atoms with E-state index in [0.29, 0.717) is 6.54 Å². The second-order valence-electron chi connectivity index (χ2n) is 8.31. The highest BCUT2D eigenvalue weighted by molar-refractivity contribution is 5.85. The van der Waals surface area contributed by atoms with Crippen LogP contribution in [0.5, 0.6) is 0 Å². The number of likely N-dealkylation sites (tertiary alicyclic amines) is 1. The van der Waals surface area contributed by atoms with E-state index in [1.807, 2.05) is 19.1 Å². The Hall–Kier alpha value is -0.850. The molecule has 1 unspecified atom stereocenters. The number of hydrogen-bond donors (Lipinski definition) is 1. The third-order valence-electron chi connectivity index (χ3n) is 6.10. The van der Waals surface area contributed by atoms with Crippen molar-refractivity contribution in [3.63, 3.8) is 0 Å². The van der Waals surface area contributed by atoms with Gasteiger partial charge >= 0.3 is 0 Å². The molecule has 0 radical (unpaired) electrons. The average molecular weight is 446 g/mol. The molecule has 0 amide bonds. The summed E-state index contributed by atoms with van der Waals surface area (Å²) in [5.74, 6) is 1.10. The molecule has 3 rings (SSSR count). The maximum absolute atomic E-state index is 11.2. The Morgan fingerprint density at radius 3 is 2.31 bits per heavy atom. The van der Waals surface area contributed by atoms with Crippen LogP contribution in [0.1, 0.15) is 44.8 Å². The van der Waals surface area contributed by atoms with Crippen LogP contribution in [0.2, 0.25) is 0 Å². The van der Waals surface area contributed by atoms with Crippen LogP contribution in [0.25, 0.3) is 0 Å². The molecule has 7 heteroatoms. The van der Waals surface area contributed by atoms with Gasteiger partial charge in [-0.2, -0.15) is 0 Å². The van der Waals surface area contributed by atoms with Crippen LogP contribution in [0, 0.1) is 5.92 Å². The molecule has 1 N–H and O–H groups in total. The molecule has 1 aromatic carbocycles. The summed E-state index contributed by atoms with van der Waals surface area (Å²) in [6, 6.07) is 8.31. The van der Waals surface area contributed by atoms with Gasteiger partial charge in [-0.25, -0.2) is 0 Å². The summed E-state index contributed by atoms with van der Waals surface area (Å²) in [5.41, 5.74) is 2.22. The number of anilines is 1. The van der Waals surface area contributed by atoms with Crippen molar-refractivity contribution in [3.8, 4) is 0 Å². The number of hydrogen-bond acceptors (Lipinski definition) is 5. The van der Waals surface area contributed by atoms with Crippen molar-refractivity contribution in [1.82, 2.24) is 9.80 Å². The van der Waals surface area contributed by atoms with E-state index in [-0.39, 0.29) is 30.6 Å². The van der Waals surface area contributed by atoms with Gasteiger partial charge < -0.3 is 10.0 Å². The fourth-order valence-corrected chi connectivity index (χ4v) is 4.32. The second kappa shape index (κ2) is 12.8. The summed E-state index contributed by atoms with van der Waals surface area (Å²) >= 11 is 0. The van der Waals surface area contributed by atoms with Crippen molar-refractivity contribution >= 4 is 36.3 Å². The predicted octanol–water partition coefficient (Wildman–Crippen LogP) is 3.40. The Kier molecular flexibility index (Phi) is 11.5. The third-order valence-corrected chi connectivity index (χ3v) is 6.10. The van der Waals surface area contributed by atoms with E-state index >= 15 is 0 Å². The number of aliphatic hydroxyl groups excluding tert-OH is 1. The van der Waals surface area contributed by atoms with E-state index in [0.717, 1.165) is 50.7 Å². The van der Waals surface area contributed by atoms with Crippen LogP contribution in [0.3, 0.4) is 0 Å². The highest BCUT2D eigenvalue weighted by Gasteiger charge is 2.22. The van der Waals surface area contributed by atoms with Gasteiger partial charge in [0.25, 0.3) is 0 Å². The number of aliphatic hydroxyl groups is 1. The summed E-state index contributed by atoms with van der Waals surface area (Å²) in [6.45, 7) is 11.8. The Balaban J connectivity index is 0.00000210. The summed E-state index contributed by atoms with van der Waals surface area (Å²) in [6.07, 6.45) is 3.34. The Labute approximate surface area is 188 Å². The fraction of sp³-hybridized carbons (Fsp3) is 0.682. The Morgan fingerprint density at radius 2 is 1.72 bits per heavy atom. The van der Waals surface area contributed by atoms with E-state index in [1.54, 1.807) is 6.92 Å². The van der Waals surface area contributed by atoms with Crippen LogP contribution in [-0.4, -0.2) is 73.0 Å². The van der Waals surface area contributed by atoms with Crippen molar-refractivity contribution in [3.05, 3.63) is 29.8 Å². The molecule has 2 aliphatic rings. The lowest BCUT2D eigenvalue weighted by atomic mass is 9.93. The standard InChI is InChI=1S/C22H35N3O2.2ClH/c1-18(26)17-24-10-7-20(8-11-24)6-9-23-12-14-25(15-13-23)22-5-3-4-21(16-22)19(2)27;;/h3-5,16,19-20,27H,6-15,17H2,1-2H3;2*1H. The first-order valence-corrected chi connectivity index (χ1v) is 10.5. The molecular formula is C22H37Cl2N3O2. The zero-order valence-electron chi connectivity index (χ0n) is 17.8. The van der Waals surface area contributed by atoms with Crippen LogP contribution < -0.4 is 4.90 Å². The first kappa shape index (κ1) is 26.2. The molecule has 0 aromatic heterocycles. The molecule has 2 saturated heterocycles. The summed E-state index contributed by atoms with van der Waals surface area (Å²) in [5, 5.41) is 9.80. The van der Waals surface area contributed by atoms with Gasteiger partial charge in [0.2, 0.25) is 0 Å². The molecular weight excluding hydrogens is 409 g/mol. The Bertz CT molecular complexity index is 614. The second-order valence-corrected chi connectivity index (χ2v) is 8.31. The summed E-state index contributed by atoms with van der Waals surface area (Å²) < 4.78 is 0. The van der Waals surface area contributed by atoms with Gasteiger partial charge in [-0.05, 0) is 76.4 Å². The van der Waals surface area contributed by atoms with Crippen LogP contribution in [-0.2, 0) is 4.79 Å². The van der Waals surface area contributed by atoms with Crippen molar-refractivity contribution in [2.45, 2.75) is 39.2 Å². The van der Waals surface area contributed by atoms with Crippen molar-refractivity contribution in [2.24, 2.45) is 5.92 Å². The first-order chi connectivity index (χ1) is 13.0. The number of nitrogens with zero attached hydrogens (tertiary/aromatic N) is 3. The molecule has 29 heavy (non-hydrogen) atoms. The van der Waals surface area contributed by atoms with Gasteiger partial charge in [0.15, 0.2) is 0 Å². The molecule has 166 valence electrons. The highest BCUT2D eigenvalue weighted by atomic mass is 35.5. The maximum atomic E-state index is 11.2. The SMILES string of the molecule is CC(=O)CN1CCC(CCN2CCN(c3cccc(C(C)O)c3)CC2)CC1.Cl.Cl. The number of ketones is 1. The van der Waals surface area contributed by atoms with Crippen LogP contribution >= 0.6 is 24.8 Å². The number of rotatable bonds is 7. The Morgan fingerprint density at radius 1 is 1.07 bits per heavy atom. The number of carbonyl (C=O) groups is 1. The number of carbonyl (C=O) groups excluding carboxylic acids is 1. The summed E-state index contributed by atoms with van der Waals surface area (Å²) in [7, 11) is 0. The maximum Gasteiger partial charge on any atom is 0.143 e. The molecule has 5 nitrogen and oxygen atoms in total. The third kappa shape index (κ3) is 8.06. The average Bonchev–Trinajstić information content (AvgIpc) is 2.67. The molecule has 0 bridgehead atoms. The van der Waals surface area contributed by atoms with E-state index in [1.165, 1.54) is 31.5 Å². The minimum Gasteiger partial charge on any atom is -0.389 e. The van der Waals surface area contributed by atoms with Gasteiger partial charge in [0.05, 0.1) is 12.6 Å². The lowest BCUT2D eigenvalue weighted by Gasteiger charge is -2.37. The molecule has 1 atom stereocenters. The van der Waals surface area contributed by atoms with E-state index in [2.05, 4.69) is 26.8 Å². The molecule has 2 fully saturated rings. The van der Waals surface area contributed by atoms with E-state index in [9.17, 15) is 9.90 Å². The largest absolute Gasteiger partial charge is 0.389 e. The molecule has 0 spiro atoms. The topological polar surface area (TPSA) is 47.0 Å². The molecule has 2 heterocycles. The predicted molar refractivity (Wildman–Crippen MR) is 125 cm³/mol. The van der Waals surface area contributed by atoms with Crippen molar-refractivity contribution < 1.29 is 9.90 Å².